The minimum Gasteiger partial charge on any atom is -0.360 e. The van der Waals surface area contributed by atoms with Crippen LogP contribution >= 0.6 is 11.8 Å². The van der Waals surface area contributed by atoms with Crippen LogP contribution in [-0.4, -0.2) is 25.4 Å². The van der Waals surface area contributed by atoms with E-state index in [2.05, 4.69) is 20.7 Å². The molecule has 0 aliphatic carbocycles. The molecule has 0 saturated carbocycles. The molecule has 0 saturated heterocycles. The summed E-state index contributed by atoms with van der Waals surface area (Å²) in [5, 5.41) is 16.9. The van der Waals surface area contributed by atoms with E-state index in [0.29, 0.717) is 10.9 Å². The van der Waals surface area contributed by atoms with Crippen LogP contribution in [0.15, 0.2) is 70.3 Å². The van der Waals surface area contributed by atoms with Gasteiger partial charge in [0.2, 0.25) is 5.16 Å². The minimum absolute atomic E-state index is 0.603. The van der Waals surface area contributed by atoms with E-state index in [1.807, 2.05) is 67.6 Å². The van der Waals surface area contributed by atoms with Crippen LogP contribution in [-0.2, 0) is 5.75 Å². The van der Waals surface area contributed by atoms with Crippen LogP contribution < -0.4 is 0 Å². The molecule has 7 heteroatoms. The Hall–Kier alpha value is -2.93. The lowest BCUT2D eigenvalue weighted by Gasteiger charge is -2.06. The molecule has 0 fully saturated rings. The lowest BCUT2D eigenvalue weighted by Crippen LogP contribution is -2.01. The van der Waals surface area contributed by atoms with Crippen molar-refractivity contribution < 1.29 is 4.52 Å². The Labute approximate surface area is 148 Å². The maximum absolute atomic E-state index is 5.44. The quantitative estimate of drug-likeness (QED) is 0.509. The molecule has 0 unspecified atom stereocenters. The van der Waals surface area contributed by atoms with Crippen LogP contribution in [0.5, 0.6) is 0 Å². The molecule has 4 aromatic rings. The number of tetrazole rings is 1. The average Bonchev–Trinajstić information content (AvgIpc) is 3.30. The Kier molecular flexibility index (Phi) is 4.30. The van der Waals surface area contributed by atoms with Gasteiger partial charge in [-0.25, -0.2) is 0 Å². The number of aromatic nitrogens is 5. The van der Waals surface area contributed by atoms with Gasteiger partial charge < -0.3 is 4.52 Å². The van der Waals surface area contributed by atoms with Crippen molar-refractivity contribution in [3.8, 4) is 16.9 Å². The van der Waals surface area contributed by atoms with E-state index in [0.717, 1.165) is 28.3 Å². The third-order valence-corrected chi connectivity index (χ3v) is 4.70. The summed E-state index contributed by atoms with van der Waals surface area (Å²) in [6.45, 7) is 2.04. The minimum atomic E-state index is 0.603. The third-order valence-electron chi connectivity index (χ3n) is 3.76. The van der Waals surface area contributed by atoms with Crippen molar-refractivity contribution in [3.05, 3.63) is 72.0 Å². The SMILES string of the molecule is Cc1ccccc1-n1nnnc1SCc1cc(-c2ccccc2)no1. The third kappa shape index (κ3) is 3.32. The molecule has 0 bridgehead atoms. The molecule has 0 aliphatic heterocycles. The number of hydrogen-bond donors (Lipinski definition) is 0. The smallest absolute Gasteiger partial charge is 0.214 e. The standard InChI is InChI=1S/C18H15N5OS/c1-13-7-5-6-10-17(13)23-18(19-21-22-23)25-12-15-11-16(20-24-15)14-8-3-2-4-9-14/h2-11H,12H2,1H3. The van der Waals surface area contributed by atoms with Crippen LogP contribution in [0, 0.1) is 6.92 Å². The van der Waals surface area contributed by atoms with Crippen molar-refractivity contribution in [1.82, 2.24) is 25.4 Å². The summed E-state index contributed by atoms with van der Waals surface area (Å²) in [6.07, 6.45) is 0. The first-order valence-corrected chi connectivity index (χ1v) is 8.78. The summed E-state index contributed by atoms with van der Waals surface area (Å²) in [7, 11) is 0. The molecular formula is C18H15N5OS. The molecule has 0 aliphatic rings. The summed E-state index contributed by atoms with van der Waals surface area (Å²) in [5.41, 5.74) is 3.95. The van der Waals surface area contributed by atoms with E-state index in [9.17, 15) is 0 Å². The molecular weight excluding hydrogens is 334 g/mol. The molecule has 0 radical (unpaired) electrons. The second-order valence-corrected chi connectivity index (χ2v) is 6.44. The fraction of sp³-hybridized carbons (Fsp3) is 0.111. The summed E-state index contributed by atoms with van der Waals surface area (Å²) in [6, 6.07) is 19.9. The highest BCUT2D eigenvalue weighted by atomic mass is 32.2. The normalized spacial score (nSPS) is 10.9. The number of thioether (sulfide) groups is 1. The van der Waals surface area contributed by atoms with E-state index >= 15 is 0 Å². The Morgan fingerprint density at radius 1 is 1.04 bits per heavy atom. The summed E-state index contributed by atoms with van der Waals surface area (Å²) >= 11 is 1.51. The highest BCUT2D eigenvalue weighted by molar-refractivity contribution is 7.98. The second kappa shape index (κ2) is 6.90. The van der Waals surface area contributed by atoms with Crippen LogP contribution in [0.4, 0.5) is 0 Å². The number of rotatable bonds is 5. The Bertz CT molecular complexity index is 980. The van der Waals surface area contributed by atoms with Crippen LogP contribution in [0.3, 0.4) is 0 Å². The number of benzene rings is 2. The van der Waals surface area contributed by atoms with Crippen molar-refractivity contribution in [1.29, 1.82) is 0 Å². The highest BCUT2D eigenvalue weighted by Gasteiger charge is 2.13. The van der Waals surface area contributed by atoms with Crippen LogP contribution in [0.25, 0.3) is 16.9 Å². The molecule has 2 aromatic carbocycles. The van der Waals surface area contributed by atoms with E-state index in [1.54, 1.807) is 4.68 Å². The van der Waals surface area contributed by atoms with Gasteiger partial charge in [-0.3, -0.25) is 0 Å². The van der Waals surface area contributed by atoms with Gasteiger partial charge in [0, 0.05) is 11.6 Å². The van der Waals surface area contributed by atoms with Gasteiger partial charge in [-0.1, -0.05) is 65.4 Å². The van der Waals surface area contributed by atoms with E-state index in [4.69, 9.17) is 4.52 Å². The van der Waals surface area contributed by atoms with Crippen molar-refractivity contribution in [2.75, 3.05) is 0 Å². The topological polar surface area (TPSA) is 69.6 Å². The predicted molar refractivity (Wildman–Crippen MR) is 95.4 cm³/mol. The number of aryl methyl sites for hydroxylation is 1. The average molecular weight is 349 g/mol. The van der Waals surface area contributed by atoms with E-state index in [1.165, 1.54) is 11.8 Å². The fourth-order valence-corrected chi connectivity index (χ4v) is 3.24. The van der Waals surface area contributed by atoms with Gasteiger partial charge in [0.15, 0.2) is 0 Å². The first-order valence-electron chi connectivity index (χ1n) is 7.79. The number of para-hydroxylation sites is 1. The van der Waals surface area contributed by atoms with Crippen molar-refractivity contribution in [2.24, 2.45) is 0 Å². The number of nitrogens with zero attached hydrogens (tertiary/aromatic N) is 5. The molecule has 4 rings (SSSR count). The molecule has 2 heterocycles. The van der Waals surface area contributed by atoms with E-state index in [-0.39, 0.29) is 0 Å². The zero-order chi connectivity index (χ0) is 17.1. The number of hydrogen-bond acceptors (Lipinski definition) is 6. The monoisotopic (exact) mass is 349 g/mol. The lowest BCUT2D eigenvalue weighted by molar-refractivity contribution is 0.397. The summed E-state index contributed by atoms with van der Waals surface area (Å²) in [5.74, 6) is 1.38. The van der Waals surface area contributed by atoms with E-state index < -0.39 is 0 Å². The Morgan fingerprint density at radius 2 is 1.84 bits per heavy atom. The predicted octanol–water partition coefficient (Wildman–Crippen LogP) is 3.92. The van der Waals surface area contributed by atoms with Gasteiger partial charge in [0.05, 0.1) is 11.4 Å². The first-order chi connectivity index (χ1) is 12.3. The maximum atomic E-state index is 5.44. The zero-order valence-corrected chi connectivity index (χ0v) is 14.3. The van der Waals surface area contributed by atoms with Crippen LogP contribution in [0.2, 0.25) is 0 Å². The maximum Gasteiger partial charge on any atom is 0.214 e. The molecule has 25 heavy (non-hydrogen) atoms. The van der Waals surface area contributed by atoms with Gasteiger partial charge in [-0.2, -0.15) is 4.68 Å². The highest BCUT2D eigenvalue weighted by Crippen LogP contribution is 2.26. The first kappa shape index (κ1) is 15.6. The Balaban J connectivity index is 1.51. The van der Waals surface area contributed by atoms with Crippen molar-refractivity contribution in [3.63, 3.8) is 0 Å². The zero-order valence-electron chi connectivity index (χ0n) is 13.5. The lowest BCUT2D eigenvalue weighted by atomic mass is 10.1. The summed E-state index contributed by atoms with van der Waals surface area (Å²) in [4.78, 5) is 0. The summed E-state index contributed by atoms with van der Waals surface area (Å²) < 4.78 is 7.18. The molecule has 0 amide bonds. The fourth-order valence-electron chi connectivity index (χ4n) is 2.48. The molecule has 6 nitrogen and oxygen atoms in total. The molecule has 124 valence electrons. The van der Waals surface area contributed by atoms with Crippen molar-refractivity contribution >= 4 is 11.8 Å². The largest absolute Gasteiger partial charge is 0.360 e. The van der Waals surface area contributed by atoms with Gasteiger partial charge >= 0.3 is 0 Å². The molecule has 0 atom stereocenters. The van der Waals surface area contributed by atoms with Gasteiger partial charge in [0.1, 0.15) is 11.5 Å². The van der Waals surface area contributed by atoms with Crippen molar-refractivity contribution in [2.45, 2.75) is 17.8 Å². The van der Waals surface area contributed by atoms with Gasteiger partial charge in [0.25, 0.3) is 0 Å². The molecule has 0 spiro atoms. The van der Waals surface area contributed by atoms with Gasteiger partial charge in [-0.15, -0.1) is 5.10 Å². The molecule has 2 aromatic heterocycles. The van der Waals surface area contributed by atoms with Crippen LogP contribution in [0.1, 0.15) is 11.3 Å². The Morgan fingerprint density at radius 3 is 2.68 bits per heavy atom. The second-order valence-electron chi connectivity index (χ2n) is 5.49. The molecule has 0 N–H and O–H groups in total. The van der Waals surface area contributed by atoms with Gasteiger partial charge in [-0.05, 0) is 29.0 Å².